The zero-order valence-electron chi connectivity index (χ0n) is 12.9. The van der Waals surface area contributed by atoms with E-state index in [-0.39, 0.29) is 5.91 Å². The number of hydrogen-bond donors (Lipinski definition) is 2. The lowest BCUT2D eigenvalue weighted by atomic mass is 9.90. The van der Waals surface area contributed by atoms with Crippen LogP contribution in [-0.4, -0.2) is 63.3 Å². The lowest BCUT2D eigenvalue weighted by Gasteiger charge is -2.35. The van der Waals surface area contributed by atoms with Crippen LogP contribution in [0.25, 0.3) is 0 Å². The molecule has 0 unspecified atom stereocenters. The smallest absolute Gasteiger partial charge is 0.252 e. The molecule has 2 saturated heterocycles. The Balaban J connectivity index is 1.71. The summed E-state index contributed by atoms with van der Waals surface area (Å²) in [5.41, 5.74) is -0.599. The largest absolute Gasteiger partial charge is 0.368 e. The predicted molar refractivity (Wildman–Crippen MR) is 79.7 cm³/mol. The molecule has 2 rings (SSSR count). The molecule has 0 bridgehead atoms. The Hall–Kier alpha value is -0.650. The zero-order chi connectivity index (χ0) is 14.4. The second-order valence-electron chi connectivity index (χ2n) is 6.24. The average molecular weight is 283 g/mol. The number of carbonyl (C=O) groups excluding carboxylic acids is 1. The van der Waals surface area contributed by atoms with Crippen LogP contribution in [0.1, 0.15) is 32.1 Å². The molecule has 0 aromatic rings. The predicted octanol–water partition coefficient (Wildman–Crippen LogP) is 0.603. The highest BCUT2D eigenvalue weighted by atomic mass is 16.5. The Morgan fingerprint density at radius 1 is 1.35 bits per heavy atom. The van der Waals surface area contributed by atoms with Crippen molar-refractivity contribution in [1.82, 2.24) is 15.5 Å². The first kappa shape index (κ1) is 15.7. The lowest BCUT2D eigenvalue weighted by Crippen LogP contribution is -2.54. The minimum Gasteiger partial charge on any atom is -0.368 e. The summed E-state index contributed by atoms with van der Waals surface area (Å²) < 4.78 is 5.54. The van der Waals surface area contributed by atoms with E-state index < -0.39 is 5.60 Å². The van der Waals surface area contributed by atoms with Gasteiger partial charge in [-0.25, -0.2) is 0 Å². The normalized spacial score (nSPS) is 24.5. The maximum absolute atomic E-state index is 12.4. The summed E-state index contributed by atoms with van der Waals surface area (Å²) in [5.74, 6) is 0.840. The van der Waals surface area contributed by atoms with Crippen LogP contribution in [-0.2, 0) is 9.53 Å². The van der Waals surface area contributed by atoms with Crippen molar-refractivity contribution in [2.45, 2.75) is 37.7 Å². The van der Waals surface area contributed by atoms with Crippen molar-refractivity contribution < 1.29 is 9.53 Å². The number of ether oxygens (including phenoxy) is 1. The van der Waals surface area contributed by atoms with Crippen molar-refractivity contribution >= 4 is 5.91 Å². The van der Waals surface area contributed by atoms with Crippen molar-refractivity contribution in [2.24, 2.45) is 5.92 Å². The third kappa shape index (κ3) is 3.93. The Morgan fingerprint density at radius 3 is 2.60 bits per heavy atom. The first-order valence-corrected chi connectivity index (χ1v) is 7.89. The van der Waals surface area contributed by atoms with Gasteiger partial charge in [-0.2, -0.15) is 0 Å². The fraction of sp³-hybridized carbons (Fsp3) is 0.933. The number of carbonyl (C=O) groups is 1. The SMILES string of the molecule is COC1(C(=O)NCCC2CCN(C)CC2)CCNCC1. The molecule has 1 amide bonds. The van der Waals surface area contributed by atoms with Crippen molar-refractivity contribution in [3.8, 4) is 0 Å². The van der Waals surface area contributed by atoms with Gasteiger partial charge in [-0.05, 0) is 71.2 Å². The summed E-state index contributed by atoms with van der Waals surface area (Å²) in [7, 11) is 3.83. The molecule has 0 aliphatic carbocycles. The third-order valence-corrected chi connectivity index (χ3v) is 4.89. The van der Waals surface area contributed by atoms with Crippen molar-refractivity contribution in [3.05, 3.63) is 0 Å². The summed E-state index contributed by atoms with van der Waals surface area (Å²) in [4.78, 5) is 14.8. The van der Waals surface area contributed by atoms with E-state index in [4.69, 9.17) is 4.74 Å². The molecular formula is C15H29N3O2. The lowest BCUT2D eigenvalue weighted by molar-refractivity contribution is -0.146. The highest BCUT2D eigenvalue weighted by molar-refractivity contribution is 5.85. The molecule has 5 nitrogen and oxygen atoms in total. The Labute approximate surface area is 122 Å². The van der Waals surface area contributed by atoms with Gasteiger partial charge in [0, 0.05) is 13.7 Å². The van der Waals surface area contributed by atoms with Crippen LogP contribution in [0.3, 0.4) is 0 Å². The van der Waals surface area contributed by atoms with Gasteiger partial charge in [-0.1, -0.05) is 0 Å². The van der Waals surface area contributed by atoms with Crippen molar-refractivity contribution in [3.63, 3.8) is 0 Å². The summed E-state index contributed by atoms with van der Waals surface area (Å²) in [6, 6.07) is 0. The van der Waals surface area contributed by atoms with Gasteiger partial charge in [-0.15, -0.1) is 0 Å². The van der Waals surface area contributed by atoms with E-state index in [2.05, 4.69) is 22.6 Å². The molecule has 20 heavy (non-hydrogen) atoms. The Morgan fingerprint density at radius 2 is 2.00 bits per heavy atom. The Bertz CT molecular complexity index is 308. The van der Waals surface area contributed by atoms with Gasteiger partial charge < -0.3 is 20.3 Å². The van der Waals surface area contributed by atoms with Crippen LogP contribution in [0.2, 0.25) is 0 Å². The highest BCUT2D eigenvalue weighted by Gasteiger charge is 2.39. The molecule has 0 aromatic carbocycles. The van der Waals surface area contributed by atoms with E-state index in [0.29, 0.717) is 0 Å². The van der Waals surface area contributed by atoms with E-state index in [0.717, 1.165) is 44.8 Å². The van der Waals surface area contributed by atoms with Crippen LogP contribution >= 0.6 is 0 Å². The van der Waals surface area contributed by atoms with Crippen LogP contribution in [0.5, 0.6) is 0 Å². The summed E-state index contributed by atoms with van der Waals surface area (Å²) in [6.45, 7) is 4.87. The number of likely N-dealkylation sites (tertiary alicyclic amines) is 1. The van der Waals surface area contributed by atoms with Gasteiger partial charge in [0.2, 0.25) is 0 Å². The molecular weight excluding hydrogens is 254 g/mol. The molecule has 2 aliphatic rings. The van der Waals surface area contributed by atoms with Crippen LogP contribution < -0.4 is 10.6 Å². The van der Waals surface area contributed by atoms with Crippen molar-refractivity contribution in [2.75, 3.05) is 46.9 Å². The van der Waals surface area contributed by atoms with E-state index in [1.54, 1.807) is 7.11 Å². The van der Waals surface area contributed by atoms with Crippen LogP contribution in [0, 0.1) is 5.92 Å². The maximum atomic E-state index is 12.4. The molecule has 2 N–H and O–H groups in total. The molecule has 0 radical (unpaired) electrons. The molecule has 0 aromatic heterocycles. The number of piperidine rings is 2. The monoisotopic (exact) mass is 283 g/mol. The first-order valence-electron chi connectivity index (χ1n) is 7.89. The number of hydrogen-bond acceptors (Lipinski definition) is 4. The molecule has 0 spiro atoms. The second kappa shape index (κ2) is 7.38. The van der Waals surface area contributed by atoms with E-state index >= 15 is 0 Å². The Kier molecular flexibility index (Phi) is 5.81. The standard InChI is InChI=1S/C15H29N3O2/c1-18-11-4-13(5-12-18)3-8-17-14(19)15(20-2)6-9-16-10-7-15/h13,16H,3-12H2,1-2H3,(H,17,19). The minimum absolute atomic E-state index is 0.0782. The van der Waals surface area contributed by atoms with Gasteiger partial charge in [-0.3, -0.25) is 4.79 Å². The number of amides is 1. The van der Waals surface area contributed by atoms with Crippen molar-refractivity contribution in [1.29, 1.82) is 0 Å². The maximum Gasteiger partial charge on any atom is 0.252 e. The van der Waals surface area contributed by atoms with Gasteiger partial charge in [0.05, 0.1) is 0 Å². The van der Waals surface area contributed by atoms with Crippen LogP contribution in [0.4, 0.5) is 0 Å². The molecule has 2 aliphatic heterocycles. The van der Waals surface area contributed by atoms with E-state index in [9.17, 15) is 4.79 Å². The summed E-state index contributed by atoms with van der Waals surface area (Å²) in [5, 5.41) is 6.37. The number of methoxy groups -OCH3 is 1. The van der Waals surface area contributed by atoms with E-state index in [1.165, 1.54) is 25.9 Å². The quantitative estimate of drug-likeness (QED) is 0.776. The number of nitrogens with one attached hydrogen (secondary N) is 2. The third-order valence-electron chi connectivity index (χ3n) is 4.89. The molecule has 0 atom stereocenters. The first-order chi connectivity index (χ1) is 9.66. The fourth-order valence-corrected chi connectivity index (χ4v) is 3.26. The zero-order valence-corrected chi connectivity index (χ0v) is 12.9. The number of nitrogens with zero attached hydrogens (tertiary/aromatic N) is 1. The average Bonchev–Trinajstić information content (AvgIpc) is 2.50. The summed E-state index contributed by atoms with van der Waals surface area (Å²) >= 11 is 0. The van der Waals surface area contributed by atoms with Gasteiger partial charge in [0.1, 0.15) is 5.60 Å². The highest BCUT2D eigenvalue weighted by Crippen LogP contribution is 2.23. The number of rotatable bonds is 5. The van der Waals surface area contributed by atoms with Gasteiger partial charge in [0.25, 0.3) is 5.91 Å². The molecule has 0 saturated carbocycles. The van der Waals surface area contributed by atoms with E-state index in [1.807, 2.05) is 0 Å². The minimum atomic E-state index is -0.599. The fourth-order valence-electron chi connectivity index (χ4n) is 3.26. The topological polar surface area (TPSA) is 53.6 Å². The second-order valence-corrected chi connectivity index (χ2v) is 6.24. The van der Waals surface area contributed by atoms with Gasteiger partial charge >= 0.3 is 0 Å². The molecule has 2 heterocycles. The molecule has 2 fully saturated rings. The van der Waals surface area contributed by atoms with Crippen LogP contribution in [0.15, 0.2) is 0 Å². The summed E-state index contributed by atoms with van der Waals surface area (Å²) in [6.07, 6.45) is 5.14. The van der Waals surface area contributed by atoms with Gasteiger partial charge in [0.15, 0.2) is 0 Å². The molecule has 5 heteroatoms. The molecule has 116 valence electrons.